The molecule has 1 aliphatic carbocycles. The summed E-state index contributed by atoms with van der Waals surface area (Å²) in [7, 11) is 4.63. The van der Waals surface area contributed by atoms with Gasteiger partial charge in [0, 0.05) is 16.1 Å². The highest BCUT2D eigenvalue weighted by Crippen LogP contribution is 2.50. The van der Waals surface area contributed by atoms with E-state index in [1.807, 2.05) is 18.4 Å². The van der Waals surface area contributed by atoms with E-state index in [-0.39, 0.29) is 22.6 Å². The number of nitrogens with one attached hydrogen (secondary N) is 1. The second kappa shape index (κ2) is 12.9. The molecule has 3 aromatic rings. The Morgan fingerprint density at radius 1 is 1.07 bits per heavy atom. The van der Waals surface area contributed by atoms with Crippen molar-refractivity contribution in [3.63, 3.8) is 0 Å². The third kappa shape index (κ3) is 6.04. The molecule has 0 radical (unpaired) electrons. The van der Waals surface area contributed by atoms with Crippen LogP contribution in [0.5, 0.6) is 17.2 Å². The van der Waals surface area contributed by atoms with Gasteiger partial charge in [0.1, 0.15) is 6.61 Å². The highest BCUT2D eigenvalue weighted by atomic mass is 35.5. The number of fused-ring (bicyclic) bond motifs is 3. The summed E-state index contributed by atoms with van der Waals surface area (Å²) < 4.78 is 17.0. The number of methoxy groups -OCH3 is 3. The Bertz CT molecular complexity index is 1480. The van der Waals surface area contributed by atoms with Crippen molar-refractivity contribution in [1.82, 2.24) is 10.7 Å². The zero-order valence-electron chi connectivity index (χ0n) is 22.3. The molecule has 212 valence electrons. The van der Waals surface area contributed by atoms with Gasteiger partial charge in [0.15, 0.2) is 16.9 Å². The van der Waals surface area contributed by atoms with E-state index >= 15 is 0 Å². The predicted molar refractivity (Wildman–Crippen MR) is 150 cm³/mol. The smallest absolute Gasteiger partial charge is 0.251 e. The van der Waals surface area contributed by atoms with Crippen LogP contribution in [-0.2, 0) is 17.9 Å². The van der Waals surface area contributed by atoms with Gasteiger partial charge in [-0.1, -0.05) is 17.7 Å². The number of amides is 1. The van der Waals surface area contributed by atoms with Crippen LogP contribution in [0.25, 0.3) is 11.1 Å². The van der Waals surface area contributed by atoms with E-state index in [2.05, 4.69) is 10.2 Å². The van der Waals surface area contributed by atoms with Crippen molar-refractivity contribution in [2.24, 2.45) is 0 Å². The lowest BCUT2D eigenvalue weighted by molar-refractivity contribution is -0.497. The van der Waals surface area contributed by atoms with Crippen LogP contribution in [0.1, 0.15) is 39.5 Å². The number of carbonyl (C=O) groups excluding carboxylic acids is 1. The molecule has 10 nitrogen and oxygen atoms in total. The average Bonchev–Trinajstić information content (AvgIpc) is 3.19. The van der Waals surface area contributed by atoms with Crippen molar-refractivity contribution in [2.45, 2.75) is 30.4 Å². The molecule has 0 aromatic heterocycles. The van der Waals surface area contributed by atoms with Crippen molar-refractivity contribution >= 4 is 29.3 Å². The first-order valence-electron chi connectivity index (χ1n) is 12.2. The fourth-order valence-electron chi connectivity index (χ4n) is 4.81. The Hall–Kier alpha value is -3.32. The summed E-state index contributed by atoms with van der Waals surface area (Å²) in [5.41, 5.74) is 3.53. The number of aryl methyl sites for hydroxylation is 1. The maximum atomic E-state index is 13.5. The normalized spacial score (nSPS) is 14.2. The Kier molecular flexibility index (Phi) is 9.56. The fourth-order valence-corrected chi connectivity index (χ4v) is 5.45. The lowest BCUT2D eigenvalue weighted by Crippen LogP contribution is -2.29. The third-order valence-electron chi connectivity index (χ3n) is 6.67. The molecule has 40 heavy (non-hydrogen) atoms. The third-order valence-corrected chi connectivity index (χ3v) is 7.82. The molecule has 0 fully saturated rings. The first-order valence-corrected chi connectivity index (χ1v) is 13.8. The second-order valence-electron chi connectivity index (χ2n) is 8.86. The summed E-state index contributed by atoms with van der Waals surface area (Å²) in [5, 5.41) is 20.7. The quantitative estimate of drug-likeness (QED) is 0.231. The van der Waals surface area contributed by atoms with Crippen LogP contribution in [0, 0.1) is 0 Å². The molecule has 12 heteroatoms. The largest absolute Gasteiger partial charge is 0.493 e. The van der Waals surface area contributed by atoms with Crippen LogP contribution in [0.15, 0.2) is 52.2 Å². The van der Waals surface area contributed by atoms with Gasteiger partial charge in [-0.2, -0.15) is 0 Å². The highest BCUT2D eigenvalue weighted by molar-refractivity contribution is 7.98. The van der Waals surface area contributed by atoms with Gasteiger partial charge in [-0.3, -0.25) is 20.0 Å². The molecule has 3 N–H and O–H groups in total. The maximum Gasteiger partial charge on any atom is 0.251 e. The second-order valence-corrected chi connectivity index (χ2v) is 10.1. The van der Waals surface area contributed by atoms with Crippen LogP contribution >= 0.6 is 23.4 Å². The lowest BCUT2D eigenvalue weighted by Gasteiger charge is -2.20. The van der Waals surface area contributed by atoms with Crippen LogP contribution < -0.4 is 25.0 Å². The molecular formula is C28H29ClN2O8S. The number of rotatable bonds is 9. The molecule has 0 saturated heterocycles. The molecule has 0 saturated carbocycles. The summed E-state index contributed by atoms with van der Waals surface area (Å²) in [6.07, 6.45) is 2.86. The van der Waals surface area contributed by atoms with E-state index < -0.39 is 17.3 Å². The van der Waals surface area contributed by atoms with E-state index in [0.717, 1.165) is 16.7 Å². The lowest BCUT2D eigenvalue weighted by atomic mass is 9.95. The molecule has 0 aliphatic heterocycles. The van der Waals surface area contributed by atoms with Crippen LogP contribution in [-0.4, -0.2) is 49.3 Å². The number of ether oxygens (including phenoxy) is 3. The van der Waals surface area contributed by atoms with E-state index in [4.69, 9.17) is 36.2 Å². The number of halogens is 1. The summed E-state index contributed by atoms with van der Waals surface area (Å²) in [6.45, 7) is -0.273. The molecule has 4 rings (SSSR count). The SMILES string of the molecule is COc1cc2c(c(OC)c1OC)-c1ccc(SC)c(=O)cc1[C@@H](NC(=O)c1ccc(Cl)c(CON(O)O)c1)CC2. The topological polar surface area (TPSA) is 127 Å². The first kappa shape index (κ1) is 29.7. The molecule has 0 spiro atoms. The zero-order valence-corrected chi connectivity index (χ0v) is 23.9. The average molecular weight is 589 g/mol. The fraction of sp³-hybridized carbons (Fsp3) is 0.286. The number of hydrogen-bond acceptors (Lipinski definition) is 10. The molecule has 0 heterocycles. The minimum Gasteiger partial charge on any atom is -0.493 e. The van der Waals surface area contributed by atoms with Crippen LogP contribution in [0.4, 0.5) is 0 Å². The van der Waals surface area contributed by atoms with Crippen molar-refractivity contribution in [3.05, 3.63) is 80.0 Å². The summed E-state index contributed by atoms with van der Waals surface area (Å²) in [4.78, 5) is 31.8. The number of benzene rings is 2. The number of hydrogen-bond donors (Lipinski definition) is 3. The summed E-state index contributed by atoms with van der Waals surface area (Å²) in [5.74, 6) is 1.00. The Balaban J connectivity index is 1.83. The maximum absolute atomic E-state index is 13.5. The Morgan fingerprint density at radius 3 is 2.48 bits per heavy atom. The van der Waals surface area contributed by atoms with Crippen LogP contribution in [0.2, 0.25) is 5.02 Å². The van der Waals surface area contributed by atoms with E-state index in [1.165, 1.54) is 31.0 Å². The van der Waals surface area contributed by atoms with Gasteiger partial charge in [-0.05, 0) is 77.7 Å². The summed E-state index contributed by atoms with van der Waals surface area (Å²) >= 11 is 7.53. The Labute approximate surface area is 240 Å². The predicted octanol–water partition coefficient (Wildman–Crippen LogP) is 5.04. The zero-order chi connectivity index (χ0) is 29.0. The van der Waals surface area contributed by atoms with Crippen LogP contribution in [0.3, 0.4) is 0 Å². The standard InChI is InChI=1S/C28H29ClN2O8S/c1-36-23-12-15-6-9-21(30-28(33)16-5-8-20(29)17(11-16)14-39-31(34)35)19-13-22(32)24(40-4)10-7-18(19)25(15)27(38-3)26(23)37-2/h5,7-8,10-13,21,34-35H,6,9,14H2,1-4H3,(H,30,33)/t21-/m0/s1. The number of nitrogens with zero attached hydrogens (tertiary/aromatic N) is 1. The van der Waals surface area contributed by atoms with Gasteiger partial charge >= 0.3 is 0 Å². The summed E-state index contributed by atoms with van der Waals surface area (Å²) in [6, 6.07) is 11.1. The van der Waals surface area contributed by atoms with Gasteiger partial charge < -0.3 is 19.5 Å². The van der Waals surface area contributed by atoms with Crippen molar-refractivity contribution < 1.29 is 34.3 Å². The molecule has 0 bridgehead atoms. The van der Waals surface area contributed by atoms with Gasteiger partial charge in [0.25, 0.3) is 5.91 Å². The number of thioether (sulfide) groups is 1. The molecule has 1 atom stereocenters. The minimum absolute atomic E-state index is 0.167. The number of carbonyl (C=O) groups is 1. The first-order chi connectivity index (χ1) is 19.2. The van der Waals surface area contributed by atoms with E-state index in [9.17, 15) is 9.59 Å². The van der Waals surface area contributed by atoms with Gasteiger partial charge in [0.05, 0.1) is 37.7 Å². The molecule has 1 amide bonds. The van der Waals surface area contributed by atoms with Crippen molar-refractivity contribution in [2.75, 3.05) is 27.6 Å². The van der Waals surface area contributed by atoms with Crippen molar-refractivity contribution in [3.8, 4) is 28.4 Å². The highest BCUT2D eigenvalue weighted by Gasteiger charge is 2.30. The Morgan fingerprint density at radius 2 is 1.82 bits per heavy atom. The molecule has 0 unspecified atom stereocenters. The molecule has 1 aliphatic rings. The minimum atomic E-state index is -0.535. The monoisotopic (exact) mass is 588 g/mol. The van der Waals surface area contributed by atoms with Gasteiger partial charge in [0.2, 0.25) is 5.75 Å². The van der Waals surface area contributed by atoms with Crippen molar-refractivity contribution in [1.29, 1.82) is 0 Å². The van der Waals surface area contributed by atoms with Gasteiger partial charge in [-0.15, -0.1) is 11.8 Å². The van der Waals surface area contributed by atoms with Gasteiger partial charge in [-0.25, -0.2) is 4.84 Å². The molecule has 3 aromatic carbocycles. The molecular weight excluding hydrogens is 560 g/mol. The van der Waals surface area contributed by atoms with E-state index in [1.54, 1.807) is 32.4 Å². The van der Waals surface area contributed by atoms with E-state index in [0.29, 0.717) is 46.1 Å².